The molecule has 0 bridgehead atoms. The molecule has 14 heavy (non-hydrogen) atoms. The minimum atomic E-state index is 0.256. The van der Waals surface area contributed by atoms with Crippen LogP contribution in [0.5, 0.6) is 0 Å². The quantitative estimate of drug-likeness (QED) is 0.690. The van der Waals surface area contributed by atoms with Gasteiger partial charge in [0.25, 0.3) is 0 Å². The lowest BCUT2D eigenvalue weighted by Gasteiger charge is -2.35. The third-order valence-corrected chi connectivity index (χ3v) is 2.82. The summed E-state index contributed by atoms with van der Waals surface area (Å²) < 4.78 is 0. The van der Waals surface area contributed by atoms with E-state index in [0.29, 0.717) is 19.1 Å². The lowest BCUT2D eigenvalue weighted by molar-refractivity contribution is -0.135. The van der Waals surface area contributed by atoms with Crippen LogP contribution in [0.15, 0.2) is 0 Å². The third-order valence-electron chi connectivity index (χ3n) is 2.82. The lowest BCUT2D eigenvalue weighted by Crippen LogP contribution is -2.44. The minimum Gasteiger partial charge on any atom is -0.340 e. The van der Waals surface area contributed by atoms with Crippen molar-refractivity contribution in [1.29, 1.82) is 0 Å². The van der Waals surface area contributed by atoms with Crippen LogP contribution in [0.3, 0.4) is 0 Å². The molecule has 1 unspecified atom stereocenters. The van der Waals surface area contributed by atoms with Gasteiger partial charge in [0, 0.05) is 19.0 Å². The van der Waals surface area contributed by atoms with Gasteiger partial charge in [-0.1, -0.05) is 6.92 Å². The zero-order chi connectivity index (χ0) is 10.4. The summed E-state index contributed by atoms with van der Waals surface area (Å²) in [5.41, 5.74) is 0. The second-order valence-electron chi connectivity index (χ2n) is 3.75. The molecule has 1 atom stereocenters. The highest BCUT2D eigenvalue weighted by atomic mass is 16.6. The molecule has 0 saturated carbocycles. The Bertz CT molecular complexity index is 185. The predicted molar refractivity (Wildman–Crippen MR) is 54.4 cm³/mol. The number of nitrogens with two attached hydrogens (primary N) is 1. The summed E-state index contributed by atoms with van der Waals surface area (Å²) in [4.78, 5) is 18.2. The minimum absolute atomic E-state index is 0.256. The van der Waals surface area contributed by atoms with Crippen molar-refractivity contribution in [2.45, 2.75) is 45.1 Å². The molecule has 82 valence electrons. The van der Waals surface area contributed by atoms with Gasteiger partial charge in [-0.15, -0.1) is 0 Å². The van der Waals surface area contributed by atoms with E-state index in [1.165, 1.54) is 6.42 Å². The Hall–Kier alpha value is -0.610. The maximum absolute atomic E-state index is 11.6. The van der Waals surface area contributed by atoms with Gasteiger partial charge < -0.3 is 9.74 Å². The first kappa shape index (κ1) is 11.5. The van der Waals surface area contributed by atoms with Crippen LogP contribution in [0.1, 0.15) is 39.0 Å². The molecular weight excluding hydrogens is 180 g/mol. The smallest absolute Gasteiger partial charge is 0.222 e. The average Bonchev–Trinajstić information content (AvgIpc) is 2.25. The van der Waals surface area contributed by atoms with Gasteiger partial charge in [-0.05, 0) is 25.7 Å². The maximum atomic E-state index is 11.6. The first-order valence-corrected chi connectivity index (χ1v) is 5.40. The molecule has 1 aliphatic rings. The summed E-state index contributed by atoms with van der Waals surface area (Å²) in [6.45, 7) is 3.35. The van der Waals surface area contributed by atoms with Gasteiger partial charge in [-0.3, -0.25) is 4.79 Å². The maximum Gasteiger partial charge on any atom is 0.222 e. The molecule has 1 rings (SSSR count). The molecule has 1 aliphatic heterocycles. The zero-order valence-corrected chi connectivity index (χ0v) is 8.87. The summed E-state index contributed by atoms with van der Waals surface area (Å²) in [5.74, 6) is 5.25. The number of rotatable bonds is 4. The Balaban J connectivity index is 2.45. The summed E-state index contributed by atoms with van der Waals surface area (Å²) in [6, 6.07) is 0.347. The van der Waals surface area contributed by atoms with Gasteiger partial charge in [-0.2, -0.15) is 0 Å². The van der Waals surface area contributed by atoms with Gasteiger partial charge in [0.05, 0.1) is 6.61 Å². The number of hydrogen-bond donors (Lipinski definition) is 1. The van der Waals surface area contributed by atoms with Crippen molar-refractivity contribution in [2.75, 3.05) is 13.2 Å². The van der Waals surface area contributed by atoms with E-state index in [1.807, 2.05) is 11.8 Å². The standard InChI is InChI=1S/C10H20N2O2/c1-2-10(13)12-7-4-3-5-9(12)6-8-14-11/h9H,2-8,11H2,1H3. The molecule has 1 fully saturated rings. The van der Waals surface area contributed by atoms with E-state index >= 15 is 0 Å². The Kier molecular flexibility index (Phi) is 4.90. The molecule has 1 heterocycles. The van der Waals surface area contributed by atoms with E-state index in [0.717, 1.165) is 25.8 Å². The zero-order valence-electron chi connectivity index (χ0n) is 8.87. The Morgan fingerprint density at radius 2 is 2.36 bits per heavy atom. The van der Waals surface area contributed by atoms with E-state index in [2.05, 4.69) is 4.84 Å². The monoisotopic (exact) mass is 200 g/mol. The van der Waals surface area contributed by atoms with Crippen LogP contribution in [0.2, 0.25) is 0 Å². The van der Waals surface area contributed by atoms with Crippen LogP contribution in [0, 0.1) is 0 Å². The molecule has 1 amide bonds. The predicted octanol–water partition coefficient (Wildman–Crippen LogP) is 1.06. The molecule has 4 nitrogen and oxygen atoms in total. The van der Waals surface area contributed by atoms with Crippen LogP contribution < -0.4 is 5.90 Å². The number of amides is 1. The SMILES string of the molecule is CCC(=O)N1CCCCC1CCON. The Morgan fingerprint density at radius 3 is 3.00 bits per heavy atom. The molecule has 0 spiro atoms. The molecule has 0 aromatic carbocycles. The molecule has 0 radical (unpaired) electrons. The number of hydrogen-bond acceptors (Lipinski definition) is 3. The van der Waals surface area contributed by atoms with Gasteiger partial charge >= 0.3 is 0 Å². The molecule has 0 aliphatic carbocycles. The highest BCUT2D eigenvalue weighted by molar-refractivity contribution is 5.76. The molecular formula is C10H20N2O2. The lowest BCUT2D eigenvalue weighted by atomic mass is 9.99. The largest absolute Gasteiger partial charge is 0.340 e. The summed E-state index contributed by atoms with van der Waals surface area (Å²) >= 11 is 0. The molecule has 0 aromatic heterocycles. The molecule has 4 heteroatoms. The van der Waals surface area contributed by atoms with Gasteiger partial charge in [0.1, 0.15) is 0 Å². The van der Waals surface area contributed by atoms with Crippen LogP contribution in [0.25, 0.3) is 0 Å². The van der Waals surface area contributed by atoms with Crippen molar-refractivity contribution >= 4 is 5.91 Å². The van der Waals surface area contributed by atoms with Crippen molar-refractivity contribution in [3.63, 3.8) is 0 Å². The highest BCUT2D eigenvalue weighted by Gasteiger charge is 2.24. The molecule has 1 saturated heterocycles. The first-order valence-electron chi connectivity index (χ1n) is 5.40. The van der Waals surface area contributed by atoms with E-state index in [1.54, 1.807) is 0 Å². The Labute approximate surface area is 85.3 Å². The van der Waals surface area contributed by atoms with E-state index in [-0.39, 0.29) is 5.91 Å². The third kappa shape index (κ3) is 2.96. The van der Waals surface area contributed by atoms with Crippen molar-refractivity contribution < 1.29 is 9.63 Å². The second kappa shape index (κ2) is 5.98. The van der Waals surface area contributed by atoms with Crippen molar-refractivity contribution in [1.82, 2.24) is 4.90 Å². The Morgan fingerprint density at radius 1 is 1.57 bits per heavy atom. The van der Waals surface area contributed by atoms with Gasteiger partial charge in [0.15, 0.2) is 0 Å². The van der Waals surface area contributed by atoms with Crippen molar-refractivity contribution in [2.24, 2.45) is 5.90 Å². The van der Waals surface area contributed by atoms with Gasteiger partial charge in [0.2, 0.25) is 5.91 Å². The summed E-state index contributed by atoms with van der Waals surface area (Å²) in [6.07, 6.45) is 4.89. The topological polar surface area (TPSA) is 55.6 Å². The normalized spacial score (nSPS) is 22.4. The number of carbonyl (C=O) groups excluding carboxylic acids is 1. The first-order chi connectivity index (χ1) is 6.79. The molecule has 2 N–H and O–H groups in total. The van der Waals surface area contributed by atoms with Crippen molar-refractivity contribution in [3.05, 3.63) is 0 Å². The fourth-order valence-corrected chi connectivity index (χ4v) is 2.04. The number of nitrogens with zero attached hydrogens (tertiary/aromatic N) is 1. The van der Waals surface area contributed by atoms with Gasteiger partial charge in [-0.25, -0.2) is 5.90 Å². The van der Waals surface area contributed by atoms with E-state index in [4.69, 9.17) is 5.90 Å². The fourth-order valence-electron chi connectivity index (χ4n) is 2.04. The number of carbonyl (C=O) groups is 1. The van der Waals surface area contributed by atoms with Crippen LogP contribution in [-0.2, 0) is 9.63 Å². The summed E-state index contributed by atoms with van der Waals surface area (Å²) in [5, 5.41) is 0. The van der Waals surface area contributed by atoms with Crippen LogP contribution >= 0.6 is 0 Å². The van der Waals surface area contributed by atoms with Crippen LogP contribution in [-0.4, -0.2) is 30.0 Å². The van der Waals surface area contributed by atoms with E-state index < -0.39 is 0 Å². The van der Waals surface area contributed by atoms with Crippen LogP contribution in [0.4, 0.5) is 0 Å². The fraction of sp³-hybridized carbons (Fsp3) is 0.900. The average molecular weight is 200 g/mol. The summed E-state index contributed by atoms with van der Waals surface area (Å²) in [7, 11) is 0. The molecule has 0 aromatic rings. The number of piperidine rings is 1. The highest BCUT2D eigenvalue weighted by Crippen LogP contribution is 2.20. The van der Waals surface area contributed by atoms with Crippen molar-refractivity contribution in [3.8, 4) is 0 Å². The number of likely N-dealkylation sites (tertiary alicyclic amines) is 1. The van der Waals surface area contributed by atoms with E-state index in [9.17, 15) is 4.79 Å². The second-order valence-corrected chi connectivity index (χ2v) is 3.75.